The minimum Gasteiger partial charge on any atom is -0.436 e. The van der Waals surface area contributed by atoms with Crippen molar-refractivity contribution >= 4 is 22.7 Å². The van der Waals surface area contributed by atoms with Crippen LogP contribution in [0.3, 0.4) is 0 Å². The van der Waals surface area contributed by atoms with Gasteiger partial charge in [-0.05, 0) is 60.4 Å². The molecule has 1 atom stereocenters. The molecule has 1 N–H and O–H groups in total. The van der Waals surface area contributed by atoms with Gasteiger partial charge in [0.25, 0.3) is 5.91 Å². The number of fused-ring (bicyclic) bond motifs is 1. The summed E-state index contributed by atoms with van der Waals surface area (Å²) in [4.78, 5) is 17.0. The molecule has 1 amide bonds. The van der Waals surface area contributed by atoms with Crippen molar-refractivity contribution in [1.29, 1.82) is 0 Å². The Balaban J connectivity index is 1.61. The van der Waals surface area contributed by atoms with Gasteiger partial charge in [0.15, 0.2) is 5.58 Å². The lowest BCUT2D eigenvalue weighted by Crippen LogP contribution is -2.13. The summed E-state index contributed by atoms with van der Waals surface area (Å²) in [6.07, 6.45) is 1.06. The molecule has 0 radical (unpaired) electrons. The van der Waals surface area contributed by atoms with Crippen LogP contribution in [0.1, 0.15) is 42.1 Å². The molecule has 0 bridgehead atoms. The number of nitrogens with zero attached hydrogens (tertiary/aromatic N) is 1. The van der Waals surface area contributed by atoms with Crippen LogP contribution in [0.5, 0.6) is 0 Å². The van der Waals surface area contributed by atoms with Crippen LogP contribution < -0.4 is 5.32 Å². The number of nitrogens with one attached hydrogen (secondary N) is 1. The molecule has 0 aliphatic carbocycles. The van der Waals surface area contributed by atoms with Crippen molar-refractivity contribution in [2.24, 2.45) is 0 Å². The van der Waals surface area contributed by atoms with Gasteiger partial charge in [-0.25, -0.2) is 9.37 Å². The molecule has 5 heteroatoms. The maximum Gasteiger partial charge on any atom is 0.258 e. The van der Waals surface area contributed by atoms with Crippen LogP contribution in [-0.4, -0.2) is 10.9 Å². The molecule has 1 unspecified atom stereocenters. The van der Waals surface area contributed by atoms with Crippen molar-refractivity contribution < 1.29 is 13.6 Å². The number of carbonyl (C=O) groups is 1. The molecule has 0 aliphatic rings. The van der Waals surface area contributed by atoms with E-state index in [0.29, 0.717) is 23.1 Å². The molecule has 146 valence electrons. The van der Waals surface area contributed by atoms with E-state index in [0.717, 1.165) is 17.5 Å². The Labute approximate surface area is 168 Å². The van der Waals surface area contributed by atoms with Crippen molar-refractivity contribution in [3.8, 4) is 11.5 Å². The van der Waals surface area contributed by atoms with Gasteiger partial charge in [0.1, 0.15) is 11.3 Å². The van der Waals surface area contributed by atoms with Gasteiger partial charge in [-0.2, -0.15) is 0 Å². The van der Waals surface area contributed by atoms with Crippen molar-refractivity contribution in [2.75, 3.05) is 5.32 Å². The number of carbonyl (C=O) groups excluding carboxylic acids is 1. The molecule has 3 aromatic carbocycles. The van der Waals surface area contributed by atoms with Gasteiger partial charge >= 0.3 is 0 Å². The summed E-state index contributed by atoms with van der Waals surface area (Å²) >= 11 is 0. The average Bonchev–Trinajstić information content (AvgIpc) is 3.17. The molecule has 0 fully saturated rings. The van der Waals surface area contributed by atoms with E-state index in [1.807, 2.05) is 12.1 Å². The summed E-state index contributed by atoms with van der Waals surface area (Å²) in [5, 5.41) is 2.73. The second kappa shape index (κ2) is 7.87. The van der Waals surface area contributed by atoms with Gasteiger partial charge in [-0.3, -0.25) is 4.79 Å². The summed E-state index contributed by atoms with van der Waals surface area (Å²) < 4.78 is 19.7. The van der Waals surface area contributed by atoms with Gasteiger partial charge in [-0.15, -0.1) is 0 Å². The summed E-state index contributed by atoms with van der Waals surface area (Å²) in [7, 11) is 0. The van der Waals surface area contributed by atoms with E-state index in [2.05, 4.69) is 36.3 Å². The number of hydrogen-bond acceptors (Lipinski definition) is 3. The fraction of sp³-hybridized carbons (Fsp3) is 0.167. The van der Waals surface area contributed by atoms with Crippen molar-refractivity contribution in [2.45, 2.75) is 26.2 Å². The quantitative estimate of drug-likeness (QED) is 0.430. The summed E-state index contributed by atoms with van der Waals surface area (Å²) in [6, 6.07) is 19.1. The summed E-state index contributed by atoms with van der Waals surface area (Å²) in [6.45, 7) is 4.34. The zero-order chi connectivity index (χ0) is 20.4. The third-order valence-corrected chi connectivity index (χ3v) is 5.08. The molecule has 4 aromatic rings. The Hall–Kier alpha value is -3.47. The lowest BCUT2D eigenvalue weighted by Gasteiger charge is -2.07. The average molecular weight is 388 g/mol. The standard InChI is InChI=1S/C24H21FN2O2/c1-3-15(2)16-11-12-22-21(14-16)27-24(29-22)17-7-6-8-18(13-17)26-23(28)19-9-4-5-10-20(19)25/h4-15H,3H2,1-2H3,(H,26,28). The van der Waals surface area contributed by atoms with Crippen molar-refractivity contribution in [1.82, 2.24) is 4.98 Å². The largest absolute Gasteiger partial charge is 0.436 e. The number of benzene rings is 3. The van der Waals surface area contributed by atoms with Gasteiger partial charge < -0.3 is 9.73 Å². The third kappa shape index (κ3) is 3.90. The van der Waals surface area contributed by atoms with Crippen LogP contribution in [0.2, 0.25) is 0 Å². The molecule has 0 saturated carbocycles. The fourth-order valence-electron chi connectivity index (χ4n) is 3.18. The third-order valence-electron chi connectivity index (χ3n) is 5.08. The highest BCUT2D eigenvalue weighted by Gasteiger charge is 2.14. The summed E-state index contributed by atoms with van der Waals surface area (Å²) in [5.74, 6) is -0.131. The first-order valence-electron chi connectivity index (χ1n) is 9.62. The highest BCUT2D eigenvalue weighted by atomic mass is 19.1. The van der Waals surface area contributed by atoms with E-state index < -0.39 is 11.7 Å². The number of rotatable bonds is 5. The van der Waals surface area contributed by atoms with Gasteiger partial charge in [-0.1, -0.05) is 38.1 Å². The number of oxazole rings is 1. The number of amides is 1. The molecular formula is C24H21FN2O2. The minimum atomic E-state index is -0.558. The Bertz CT molecular complexity index is 1180. The molecule has 4 rings (SSSR count). The molecule has 29 heavy (non-hydrogen) atoms. The first-order chi connectivity index (χ1) is 14.0. The van der Waals surface area contributed by atoms with Gasteiger partial charge in [0, 0.05) is 11.3 Å². The van der Waals surface area contributed by atoms with Gasteiger partial charge in [0.05, 0.1) is 5.56 Å². The first kappa shape index (κ1) is 18.9. The zero-order valence-corrected chi connectivity index (χ0v) is 16.3. The Morgan fingerprint density at radius 1 is 1.10 bits per heavy atom. The Morgan fingerprint density at radius 3 is 2.72 bits per heavy atom. The molecular weight excluding hydrogens is 367 g/mol. The normalized spacial score (nSPS) is 12.1. The smallest absolute Gasteiger partial charge is 0.258 e. The van der Waals surface area contributed by atoms with E-state index in [1.54, 1.807) is 30.3 Å². The highest BCUT2D eigenvalue weighted by molar-refractivity contribution is 6.04. The summed E-state index contributed by atoms with van der Waals surface area (Å²) in [5.41, 5.74) is 4.02. The second-order valence-electron chi connectivity index (χ2n) is 7.07. The van der Waals surface area contributed by atoms with Crippen LogP contribution in [0.25, 0.3) is 22.6 Å². The lowest BCUT2D eigenvalue weighted by molar-refractivity contribution is 0.102. The Kier molecular flexibility index (Phi) is 5.12. The monoisotopic (exact) mass is 388 g/mol. The van der Waals surface area contributed by atoms with Crippen LogP contribution in [0, 0.1) is 5.82 Å². The minimum absolute atomic E-state index is 0.00246. The maximum atomic E-state index is 13.8. The predicted molar refractivity (Wildman–Crippen MR) is 113 cm³/mol. The molecule has 0 saturated heterocycles. The molecule has 1 heterocycles. The maximum absolute atomic E-state index is 13.8. The number of anilines is 1. The van der Waals surface area contributed by atoms with Crippen molar-refractivity contribution in [3.05, 3.63) is 83.7 Å². The number of aromatic nitrogens is 1. The highest BCUT2D eigenvalue weighted by Crippen LogP contribution is 2.29. The second-order valence-corrected chi connectivity index (χ2v) is 7.07. The van der Waals surface area contributed by atoms with Crippen LogP contribution in [0.4, 0.5) is 10.1 Å². The van der Waals surface area contributed by atoms with E-state index in [4.69, 9.17) is 4.42 Å². The van der Waals surface area contributed by atoms with E-state index in [9.17, 15) is 9.18 Å². The Morgan fingerprint density at radius 2 is 1.93 bits per heavy atom. The van der Waals surface area contributed by atoms with E-state index >= 15 is 0 Å². The predicted octanol–water partition coefficient (Wildman–Crippen LogP) is 6.40. The molecule has 0 aliphatic heterocycles. The lowest BCUT2D eigenvalue weighted by atomic mass is 9.98. The SMILES string of the molecule is CCC(C)c1ccc2oc(-c3cccc(NC(=O)c4ccccc4F)c3)nc2c1. The topological polar surface area (TPSA) is 55.1 Å². The van der Waals surface area contributed by atoms with Crippen LogP contribution >= 0.6 is 0 Å². The van der Waals surface area contributed by atoms with E-state index in [-0.39, 0.29) is 5.56 Å². The van der Waals surface area contributed by atoms with Crippen LogP contribution in [0.15, 0.2) is 71.1 Å². The van der Waals surface area contributed by atoms with Gasteiger partial charge in [0.2, 0.25) is 5.89 Å². The fourth-order valence-corrected chi connectivity index (χ4v) is 3.18. The molecule has 4 nitrogen and oxygen atoms in total. The molecule has 0 spiro atoms. The molecule has 1 aromatic heterocycles. The van der Waals surface area contributed by atoms with Crippen molar-refractivity contribution in [3.63, 3.8) is 0 Å². The van der Waals surface area contributed by atoms with E-state index in [1.165, 1.54) is 17.7 Å². The number of halogens is 1. The van der Waals surface area contributed by atoms with Crippen LogP contribution in [-0.2, 0) is 0 Å². The zero-order valence-electron chi connectivity index (χ0n) is 16.3. The first-order valence-corrected chi connectivity index (χ1v) is 9.62. The number of hydrogen-bond donors (Lipinski definition) is 1.